The minimum atomic E-state index is 0.374. The number of hydrogen-bond acceptors (Lipinski definition) is 5. The summed E-state index contributed by atoms with van der Waals surface area (Å²) in [6.07, 6.45) is 10.0. The molecule has 1 saturated heterocycles. The molecule has 1 aromatic rings. The van der Waals surface area contributed by atoms with E-state index in [1.807, 2.05) is 12.4 Å². The summed E-state index contributed by atoms with van der Waals surface area (Å²) >= 11 is 0. The van der Waals surface area contributed by atoms with Crippen molar-refractivity contribution in [3.63, 3.8) is 0 Å². The molecule has 0 N–H and O–H groups in total. The van der Waals surface area contributed by atoms with Gasteiger partial charge in [-0.15, -0.1) is 0 Å². The average Bonchev–Trinajstić information content (AvgIpc) is 2.59. The first kappa shape index (κ1) is 19.1. The van der Waals surface area contributed by atoms with Crippen molar-refractivity contribution in [1.29, 1.82) is 0 Å². The molecule has 1 spiro atoms. The van der Waals surface area contributed by atoms with E-state index in [2.05, 4.69) is 47.5 Å². The summed E-state index contributed by atoms with van der Waals surface area (Å²) in [5.41, 5.74) is 1.85. The summed E-state index contributed by atoms with van der Waals surface area (Å²) in [6.45, 7) is 14.1. The van der Waals surface area contributed by atoms with Crippen molar-refractivity contribution in [3.8, 4) is 0 Å². The van der Waals surface area contributed by atoms with Crippen molar-refractivity contribution in [1.82, 2.24) is 14.9 Å². The largest absolute Gasteiger partial charge is 0.379 e. The second-order valence-electron chi connectivity index (χ2n) is 9.70. The zero-order valence-electron chi connectivity index (χ0n) is 17.5. The van der Waals surface area contributed by atoms with Crippen LogP contribution in [0.1, 0.15) is 65.1 Å². The van der Waals surface area contributed by atoms with E-state index in [0.29, 0.717) is 17.4 Å². The fourth-order valence-corrected chi connectivity index (χ4v) is 5.28. The lowest BCUT2D eigenvalue weighted by atomic mass is 9.50. The summed E-state index contributed by atoms with van der Waals surface area (Å²) in [5.74, 6) is 2.15. The normalized spacial score (nSPS) is 31.4. The van der Waals surface area contributed by atoms with Gasteiger partial charge in [-0.3, -0.25) is 4.90 Å². The van der Waals surface area contributed by atoms with Crippen LogP contribution >= 0.6 is 0 Å². The highest BCUT2D eigenvalue weighted by Crippen LogP contribution is 2.60. The van der Waals surface area contributed by atoms with Gasteiger partial charge in [0, 0.05) is 44.7 Å². The van der Waals surface area contributed by atoms with E-state index in [1.54, 1.807) is 0 Å². The van der Waals surface area contributed by atoms with Crippen LogP contribution in [0.4, 0.5) is 5.69 Å². The molecule has 1 aromatic heterocycles. The predicted octanol–water partition coefficient (Wildman–Crippen LogP) is 3.71. The van der Waals surface area contributed by atoms with Crippen molar-refractivity contribution in [3.05, 3.63) is 18.2 Å². The number of anilines is 1. The minimum Gasteiger partial charge on any atom is -0.379 e. The van der Waals surface area contributed by atoms with Crippen LogP contribution in [0.25, 0.3) is 0 Å². The van der Waals surface area contributed by atoms with Gasteiger partial charge in [0.15, 0.2) is 0 Å². The van der Waals surface area contributed by atoms with Gasteiger partial charge in [0.1, 0.15) is 5.82 Å². The third-order valence-electron chi connectivity index (χ3n) is 6.82. The van der Waals surface area contributed by atoms with Gasteiger partial charge in [-0.25, -0.2) is 9.97 Å². The highest BCUT2D eigenvalue weighted by Gasteiger charge is 2.54. The Kier molecular flexibility index (Phi) is 5.43. The van der Waals surface area contributed by atoms with Gasteiger partial charge in [-0.1, -0.05) is 13.8 Å². The van der Waals surface area contributed by atoms with E-state index in [4.69, 9.17) is 4.74 Å². The van der Waals surface area contributed by atoms with Crippen LogP contribution in [0.5, 0.6) is 0 Å². The molecule has 0 bridgehead atoms. The minimum absolute atomic E-state index is 0.374. The maximum Gasteiger partial charge on any atom is 0.130 e. The molecule has 0 amide bonds. The molecule has 2 saturated carbocycles. The zero-order chi connectivity index (χ0) is 19.0. The molecule has 3 aliphatic rings. The highest BCUT2D eigenvalue weighted by atomic mass is 16.5. The van der Waals surface area contributed by atoms with E-state index in [9.17, 15) is 0 Å². The molecule has 27 heavy (non-hydrogen) atoms. The molecule has 4 rings (SSSR count). The zero-order valence-corrected chi connectivity index (χ0v) is 17.5. The number of nitrogens with zero attached hydrogens (tertiary/aromatic N) is 4. The van der Waals surface area contributed by atoms with E-state index in [-0.39, 0.29) is 0 Å². The van der Waals surface area contributed by atoms with E-state index >= 15 is 0 Å². The van der Waals surface area contributed by atoms with Crippen molar-refractivity contribution in [2.24, 2.45) is 11.3 Å². The molecule has 150 valence electrons. The molecule has 3 fully saturated rings. The van der Waals surface area contributed by atoms with Crippen LogP contribution in [0.15, 0.2) is 12.4 Å². The molecular formula is C22H36N4O. The Hall–Kier alpha value is -1.20. The van der Waals surface area contributed by atoms with E-state index < -0.39 is 0 Å². The van der Waals surface area contributed by atoms with Crippen LogP contribution in [0.2, 0.25) is 0 Å². The summed E-state index contributed by atoms with van der Waals surface area (Å²) in [5, 5.41) is 0. The lowest BCUT2D eigenvalue weighted by Crippen LogP contribution is -2.60. The topological polar surface area (TPSA) is 41.5 Å². The van der Waals surface area contributed by atoms with E-state index in [1.165, 1.54) is 44.5 Å². The van der Waals surface area contributed by atoms with Crippen molar-refractivity contribution < 1.29 is 4.74 Å². The number of aromatic nitrogens is 2. The lowest BCUT2D eigenvalue weighted by Gasteiger charge is -2.61. The number of rotatable bonds is 6. The Morgan fingerprint density at radius 1 is 1.00 bits per heavy atom. The summed E-state index contributed by atoms with van der Waals surface area (Å²) in [7, 11) is 0. The van der Waals surface area contributed by atoms with Crippen LogP contribution in [0, 0.1) is 11.3 Å². The standard InChI is InChI=1S/C22H36N4O/c1-16(2)21-23-13-20(14-24-21)26-7-5-25(6-8-26)19-11-22(12-19)9-18(10-22)15-27-17(3)4/h13-14,16-19H,5-12,15H2,1-4H3. The summed E-state index contributed by atoms with van der Waals surface area (Å²) < 4.78 is 5.80. The Balaban J connectivity index is 1.19. The van der Waals surface area contributed by atoms with Gasteiger partial charge >= 0.3 is 0 Å². The highest BCUT2D eigenvalue weighted by molar-refractivity contribution is 5.42. The Morgan fingerprint density at radius 3 is 2.19 bits per heavy atom. The lowest BCUT2D eigenvalue weighted by molar-refractivity contribution is -0.113. The fourth-order valence-electron chi connectivity index (χ4n) is 5.28. The maximum atomic E-state index is 5.80. The monoisotopic (exact) mass is 372 g/mol. The molecule has 2 aliphatic carbocycles. The molecule has 1 aliphatic heterocycles. The number of piperazine rings is 1. The molecule has 2 heterocycles. The van der Waals surface area contributed by atoms with Crippen molar-refractivity contribution >= 4 is 5.69 Å². The van der Waals surface area contributed by atoms with Gasteiger partial charge in [0.05, 0.1) is 24.2 Å². The summed E-state index contributed by atoms with van der Waals surface area (Å²) in [6, 6.07) is 0.818. The van der Waals surface area contributed by atoms with Crippen LogP contribution in [-0.4, -0.2) is 59.8 Å². The van der Waals surface area contributed by atoms with Gasteiger partial charge in [-0.05, 0) is 50.9 Å². The van der Waals surface area contributed by atoms with Gasteiger partial charge < -0.3 is 9.64 Å². The quantitative estimate of drug-likeness (QED) is 0.761. The first-order valence-electron chi connectivity index (χ1n) is 10.9. The molecule has 5 nitrogen and oxygen atoms in total. The van der Waals surface area contributed by atoms with Crippen molar-refractivity contribution in [2.45, 2.75) is 71.4 Å². The second-order valence-corrected chi connectivity index (χ2v) is 9.70. The van der Waals surface area contributed by atoms with Crippen LogP contribution in [0.3, 0.4) is 0 Å². The predicted molar refractivity (Wildman–Crippen MR) is 109 cm³/mol. The summed E-state index contributed by atoms with van der Waals surface area (Å²) in [4.78, 5) is 14.2. The fraction of sp³-hybridized carbons (Fsp3) is 0.818. The Bertz CT molecular complexity index is 608. The molecule has 0 radical (unpaired) electrons. The third-order valence-corrected chi connectivity index (χ3v) is 6.82. The number of ether oxygens (including phenoxy) is 1. The van der Waals surface area contributed by atoms with E-state index in [0.717, 1.165) is 37.5 Å². The van der Waals surface area contributed by atoms with Crippen LogP contribution in [-0.2, 0) is 4.74 Å². The second kappa shape index (κ2) is 7.67. The maximum absolute atomic E-state index is 5.80. The molecule has 5 heteroatoms. The average molecular weight is 373 g/mol. The van der Waals surface area contributed by atoms with Gasteiger partial charge in [-0.2, -0.15) is 0 Å². The van der Waals surface area contributed by atoms with Crippen molar-refractivity contribution in [2.75, 3.05) is 37.7 Å². The van der Waals surface area contributed by atoms with Crippen LogP contribution < -0.4 is 4.90 Å². The first-order chi connectivity index (χ1) is 12.9. The Labute approximate surface area is 164 Å². The molecule has 0 unspecified atom stereocenters. The molecule has 0 aromatic carbocycles. The SMILES string of the molecule is CC(C)OCC1CC2(C1)CC(N1CCN(c3cnc(C(C)C)nc3)CC1)C2. The Morgan fingerprint density at radius 2 is 1.63 bits per heavy atom. The molecular weight excluding hydrogens is 336 g/mol. The van der Waals surface area contributed by atoms with Gasteiger partial charge in [0.25, 0.3) is 0 Å². The molecule has 0 atom stereocenters. The third kappa shape index (κ3) is 4.14. The van der Waals surface area contributed by atoms with Gasteiger partial charge in [0.2, 0.25) is 0 Å². The first-order valence-corrected chi connectivity index (χ1v) is 10.9. The smallest absolute Gasteiger partial charge is 0.130 e. The number of hydrogen-bond donors (Lipinski definition) is 0.